The minimum Gasteiger partial charge on any atom is -0.376 e. The van der Waals surface area contributed by atoms with Crippen LogP contribution in [-0.2, 0) is 17.7 Å². The van der Waals surface area contributed by atoms with Gasteiger partial charge in [-0.25, -0.2) is 0 Å². The molecule has 19 heavy (non-hydrogen) atoms. The van der Waals surface area contributed by atoms with Gasteiger partial charge in [-0.3, -0.25) is 0 Å². The van der Waals surface area contributed by atoms with Crippen molar-refractivity contribution in [3.8, 4) is 0 Å². The van der Waals surface area contributed by atoms with E-state index in [1.54, 1.807) is 0 Å². The van der Waals surface area contributed by atoms with Crippen LogP contribution < -0.4 is 5.32 Å². The number of aryl methyl sites for hydroxylation is 1. The van der Waals surface area contributed by atoms with Crippen LogP contribution in [-0.4, -0.2) is 40.6 Å². The first-order valence-electron chi connectivity index (χ1n) is 7.54. The van der Waals surface area contributed by atoms with Crippen molar-refractivity contribution in [1.82, 2.24) is 20.1 Å². The van der Waals surface area contributed by atoms with Crippen LogP contribution in [0.1, 0.15) is 37.3 Å². The predicted molar refractivity (Wildman–Crippen MR) is 73.0 cm³/mol. The first-order valence-corrected chi connectivity index (χ1v) is 7.54. The van der Waals surface area contributed by atoms with Crippen LogP contribution in [0.2, 0.25) is 0 Å². The molecule has 1 aromatic heterocycles. The zero-order valence-electron chi connectivity index (χ0n) is 11.8. The Morgan fingerprint density at radius 2 is 2.11 bits per heavy atom. The maximum atomic E-state index is 5.74. The number of rotatable bonds is 4. The molecule has 2 fully saturated rings. The van der Waals surface area contributed by atoms with E-state index in [0.717, 1.165) is 50.2 Å². The molecule has 1 N–H and O–H groups in total. The van der Waals surface area contributed by atoms with Crippen LogP contribution in [0.5, 0.6) is 0 Å². The summed E-state index contributed by atoms with van der Waals surface area (Å²) >= 11 is 0. The molecule has 0 saturated carbocycles. The van der Waals surface area contributed by atoms with Crippen LogP contribution in [0, 0.1) is 12.8 Å². The lowest BCUT2D eigenvalue weighted by atomic mass is 9.94. The summed E-state index contributed by atoms with van der Waals surface area (Å²) in [5.41, 5.74) is 0. The summed E-state index contributed by atoms with van der Waals surface area (Å²) < 4.78 is 8.02. The summed E-state index contributed by atoms with van der Waals surface area (Å²) in [5, 5.41) is 12.1. The van der Waals surface area contributed by atoms with Gasteiger partial charge in [0.15, 0.2) is 0 Å². The predicted octanol–water partition coefficient (Wildman–Crippen LogP) is 1.31. The Kier molecular flexibility index (Phi) is 4.13. The van der Waals surface area contributed by atoms with Crippen LogP contribution in [0.3, 0.4) is 0 Å². The van der Waals surface area contributed by atoms with Crippen molar-refractivity contribution < 1.29 is 4.74 Å². The molecule has 0 spiro atoms. The monoisotopic (exact) mass is 264 g/mol. The second kappa shape index (κ2) is 6.01. The van der Waals surface area contributed by atoms with E-state index in [4.69, 9.17) is 4.74 Å². The minimum absolute atomic E-state index is 0.362. The smallest absolute Gasteiger partial charge is 0.133 e. The zero-order chi connectivity index (χ0) is 13.1. The molecule has 1 atom stereocenters. The average Bonchev–Trinajstić information content (AvgIpc) is 3.05. The van der Waals surface area contributed by atoms with E-state index in [-0.39, 0.29) is 0 Å². The Bertz CT molecular complexity index is 406. The summed E-state index contributed by atoms with van der Waals surface area (Å²) in [6.45, 7) is 6.18. The van der Waals surface area contributed by atoms with Gasteiger partial charge >= 0.3 is 0 Å². The lowest BCUT2D eigenvalue weighted by Gasteiger charge is -2.22. The van der Waals surface area contributed by atoms with Crippen molar-refractivity contribution >= 4 is 0 Å². The van der Waals surface area contributed by atoms with Crippen LogP contribution >= 0.6 is 0 Å². The van der Waals surface area contributed by atoms with Gasteiger partial charge in [0.25, 0.3) is 0 Å². The molecule has 5 nitrogen and oxygen atoms in total. The van der Waals surface area contributed by atoms with Crippen molar-refractivity contribution in [3.05, 3.63) is 11.6 Å². The highest BCUT2D eigenvalue weighted by atomic mass is 16.5. The highest BCUT2D eigenvalue weighted by Crippen LogP contribution is 2.20. The molecule has 2 aliphatic heterocycles. The fourth-order valence-electron chi connectivity index (χ4n) is 3.15. The van der Waals surface area contributed by atoms with Gasteiger partial charge in [0.1, 0.15) is 11.6 Å². The topological polar surface area (TPSA) is 52.0 Å². The number of piperidine rings is 1. The summed E-state index contributed by atoms with van der Waals surface area (Å²) in [6.07, 6.45) is 6.30. The molecule has 3 rings (SSSR count). The molecule has 1 aromatic rings. The third kappa shape index (κ3) is 3.15. The molecule has 5 heteroatoms. The summed E-state index contributed by atoms with van der Waals surface area (Å²) in [6, 6.07) is 0. The third-order valence-electron chi connectivity index (χ3n) is 4.35. The Morgan fingerprint density at radius 3 is 2.84 bits per heavy atom. The van der Waals surface area contributed by atoms with E-state index < -0.39 is 0 Å². The van der Waals surface area contributed by atoms with E-state index in [1.807, 2.05) is 6.92 Å². The molecule has 0 radical (unpaired) electrons. The fraction of sp³-hybridized carbons (Fsp3) is 0.857. The number of ether oxygens (including phenoxy) is 1. The molecule has 3 heterocycles. The maximum absolute atomic E-state index is 5.74. The van der Waals surface area contributed by atoms with Crippen molar-refractivity contribution in [2.24, 2.45) is 5.92 Å². The van der Waals surface area contributed by atoms with Gasteiger partial charge in [-0.15, -0.1) is 10.2 Å². The van der Waals surface area contributed by atoms with E-state index in [9.17, 15) is 0 Å². The quantitative estimate of drug-likeness (QED) is 0.891. The van der Waals surface area contributed by atoms with Crippen LogP contribution in [0.15, 0.2) is 0 Å². The number of nitrogens with one attached hydrogen (secondary N) is 1. The summed E-state index contributed by atoms with van der Waals surface area (Å²) in [7, 11) is 0. The van der Waals surface area contributed by atoms with Gasteiger partial charge in [-0.05, 0) is 51.6 Å². The van der Waals surface area contributed by atoms with Crippen LogP contribution in [0.4, 0.5) is 0 Å². The lowest BCUT2D eigenvalue weighted by Crippen LogP contribution is -2.29. The van der Waals surface area contributed by atoms with Gasteiger partial charge in [-0.1, -0.05) is 0 Å². The molecule has 1 unspecified atom stereocenters. The van der Waals surface area contributed by atoms with E-state index in [1.165, 1.54) is 25.7 Å². The first kappa shape index (κ1) is 13.1. The minimum atomic E-state index is 0.362. The first-order chi connectivity index (χ1) is 9.33. The Balaban J connectivity index is 1.66. The maximum Gasteiger partial charge on any atom is 0.133 e. The number of hydrogen-bond donors (Lipinski definition) is 1. The number of aromatic nitrogens is 3. The normalized spacial score (nSPS) is 25.0. The van der Waals surface area contributed by atoms with E-state index >= 15 is 0 Å². The molecular weight excluding hydrogens is 240 g/mol. The molecule has 2 saturated heterocycles. The van der Waals surface area contributed by atoms with E-state index in [0.29, 0.717) is 6.10 Å². The number of hydrogen-bond acceptors (Lipinski definition) is 4. The van der Waals surface area contributed by atoms with Crippen molar-refractivity contribution in [2.75, 3.05) is 19.7 Å². The Labute approximate surface area is 114 Å². The third-order valence-corrected chi connectivity index (χ3v) is 4.35. The number of nitrogens with zero attached hydrogens (tertiary/aromatic N) is 3. The standard InChI is InChI=1S/C14H24N4O/c1-11-16-17-14(9-12-4-6-15-7-5-12)18(11)10-13-3-2-8-19-13/h12-13,15H,2-10H2,1H3. The average molecular weight is 264 g/mol. The van der Waals surface area contributed by atoms with Crippen molar-refractivity contribution in [2.45, 2.75) is 51.7 Å². The molecular formula is C14H24N4O. The summed E-state index contributed by atoms with van der Waals surface area (Å²) in [4.78, 5) is 0. The fourth-order valence-corrected chi connectivity index (χ4v) is 3.15. The van der Waals surface area contributed by atoms with Crippen molar-refractivity contribution in [3.63, 3.8) is 0 Å². The van der Waals surface area contributed by atoms with Gasteiger partial charge in [0.2, 0.25) is 0 Å². The van der Waals surface area contributed by atoms with Crippen LogP contribution in [0.25, 0.3) is 0 Å². The van der Waals surface area contributed by atoms with Gasteiger partial charge in [0.05, 0.1) is 12.6 Å². The largest absolute Gasteiger partial charge is 0.376 e. The Hall–Kier alpha value is -0.940. The molecule has 0 aromatic carbocycles. The van der Waals surface area contributed by atoms with Gasteiger partial charge in [0, 0.05) is 13.0 Å². The Morgan fingerprint density at radius 1 is 1.26 bits per heavy atom. The molecule has 2 aliphatic rings. The molecule has 106 valence electrons. The highest BCUT2D eigenvalue weighted by molar-refractivity contribution is 4.97. The lowest BCUT2D eigenvalue weighted by molar-refractivity contribution is 0.0954. The van der Waals surface area contributed by atoms with Gasteiger partial charge in [-0.2, -0.15) is 0 Å². The van der Waals surface area contributed by atoms with Gasteiger partial charge < -0.3 is 14.6 Å². The molecule has 0 bridgehead atoms. The zero-order valence-corrected chi connectivity index (χ0v) is 11.8. The second-order valence-corrected chi connectivity index (χ2v) is 5.81. The second-order valence-electron chi connectivity index (χ2n) is 5.81. The SMILES string of the molecule is Cc1nnc(CC2CCNCC2)n1CC1CCCO1. The molecule has 0 aliphatic carbocycles. The summed E-state index contributed by atoms with van der Waals surface area (Å²) in [5.74, 6) is 2.94. The molecule has 0 amide bonds. The van der Waals surface area contributed by atoms with E-state index in [2.05, 4.69) is 20.1 Å². The highest BCUT2D eigenvalue weighted by Gasteiger charge is 2.22. The van der Waals surface area contributed by atoms with Crippen molar-refractivity contribution in [1.29, 1.82) is 0 Å².